The van der Waals surface area contributed by atoms with Crippen LogP contribution in [0.4, 0.5) is 5.69 Å². The van der Waals surface area contributed by atoms with E-state index < -0.39 is 4.92 Å². The Hall–Kier alpha value is -2.82. The van der Waals surface area contributed by atoms with E-state index in [1.54, 1.807) is 0 Å². The predicted octanol–water partition coefficient (Wildman–Crippen LogP) is 2.89. The van der Waals surface area contributed by atoms with Gasteiger partial charge in [-0.15, -0.1) is 0 Å². The minimum atomic E-state index is -0.512. The van der Waals surface area contributed by atoms with Gasteiger partial charge in [-0.05, 0) is 30.4 Å². The zero-order valence-electron chi connectivity index (χ0n) is 10.2. The van der Waals surface area contributed by atoms with Crippen LogP contribution >= 0.6 is 0 Å². The van der Waals surface area contributed by atoms with E-state index in [0.717, 1.165) is 0 Å². The van der Waals surface area contributed by atoms with Crippen molar-refractivity contribution >= 4 is 17.3 Å². The molecule has 5 heteroatoms. The van der Waals surface area contributed by atoms with Gasteiger partial charge in [-0.1, -0.05) is 19.7 Å². The van der Waals surface area contributed by atoms with E-state index in [9.17, 15) is 19.7 Å². The lowest BCUT2D eigenvalue weighted by molar-refractivity contribution is -0.384. The molecule has 19 heavy (non-hydrogen) atoms. The summed E-state index contributed by atoms with van der Waals surface area (Å²) >= 11 is 0. The summed E-state index contributed by atoms with van der Waals surface area (Å²) in [6.07, 6.45) is 3.60. The fourth-order valence-electron chi connectivity index (χ4n) is 0.949. The van der Waals surface area contributed by atoms with Gasteiger partial charge in [-0.3, -0.25) is 19.7 Å². The Bertz CT molecular complexity index is 505. The molecule has 5 nitrogen and oxygen atoms in total. The normalized spacial score (nSPS) is 8.42. The van der Waals surface area contributed by atoms with Gasteiger partial charge in [0.1, 0.15) is 0 Å². The number of benzene rings is 1. The molecule has 0 unspecified atom stereocenters. The van der Waals surface area contributed by atoms with Crippen LogP contribution in [0, 0.1) is 10.1 Å². The molecule has 0 aliphatic carbocycles. The highest BCUT2D eigenvalue weighted by molar-refractivity contribution is 6.04. The first-order valence-corrected chi connectivity index (χ1v) is 5.16. The third-order valence-electron chi connectivity index (χ3n) is 1.95. The van der Waals surface area contributed by atoms with Crippen molar-refractivity contribution in [1.29, 1.82) is 0 Å². The number of nitrogens with zero attached hydrogens (tertiary/aromatic N) is 1. The summed E-state index contributed by atoms with van der Waals surface area (Å²) in [7, 11) is 0. The third-order valence-corrected chi connectivity index (χ3v) is 1.95. The molecule has 0 atom stereocenters. The first-order chi connectivity index (χ1) is 8.96. The van der Waals surface area contributed by atoms with Gasteiger partial charge >= 0.3 is 0 Å². The van der Waals surface area contributed by atoms with Crippen molar-refractivity contribution < 1.29 is 14.5 Å². The van der Waals surface area contributed by atoms with Gasteiger partial charge in [0.15, 0.2) is 11.6 Å². The summed E-state index contributed by atoms with van der Waals surface area (Å²) in [6.45, 7) is 9.73. The summed E-state index contributed by atoms with van der Waals surface area (Å²) in [4.78, 5) is 30.7. The van der Waals surface area contributed by atoms with Crippen molar-refractivity contribution in [2.24, 2.45) is 0 Å². The molecule has 0 heterocycles. The minimum Gasteiger partial charge on any atom is -0.290 e. The van der Waals surface area contributed by atoms with Gasteiger partial charge in [0.25, 0.3) is 5.69 Å². The molecule has 0 saturated heterocycles. The van der Waals surface area contributed by atoms with Crippen LogP contribution < -0.4 is 0 Å². The van der Waals surface area contributed by atoms with Crippen molar-refractivity contribution in [2.45, 2.75) is 0 Å². The number of carbonyl (C=O) groups excluding carboxylic acids is 2. The predicted molar refractivity (Wildman–Crippen MR) is 73.0 cm³/mol. The standard InChI is InChI=1S/C9H7NO3.C5H6O/c1-2-9(11)7-3-5-8(6-4-7)10(12)13;1-3-5(6)4-2/h2-6H,1H2;3-4H,1-2H2. The summed E-state index contributed by atoms with van der Waals surface area (Å²) in [5, 5.41) is 10.3. The molecule has 0 fully saturated rings. The van der Waals surface area contributed by atoms with Crippen LogP contribution in [0.5, 0.6) is 0 Å². The highest BCUT2D eigenvalue weighted by Crippen LogP contribution is 2.12. The quantitative estimate of drug-likeness (QED) is 0.352. The molecule has 98 valence electrons. The molecule has 0 bridgehead atoms. The average Bonchev–Trinajstić information content (AvgIpc) is 2.46. The molecule has 1 rings (SSSR count). The third kappa shape index (κ3) is 5.88. The second-order valence-electron chi connectivity index (χ2n) is 3.18. The van der Waals surface area contributed by atoms with Crippen molar-refractivity contribution in [3.05, 3.63) is 77.9 Å². The number of hydrogen-bond acceptors (Lipinski definition) is 4. The number of carbonyl (C=O) groups is 2. The molecular formula is C14H13NO4. The van der Waals surface area contributed by atoms with Crippen LogP contribution in [0.15, 0.2) is 62.2 Å². The highest BCUT2D eigenvalue weighted by Gasteiger charge is 2.06. The van der Waals surface area contributed by atoms with E-state index >= 15 is 0 Å². The van der Waals surface area contributed by atoms with Gasteiger partial charge < -0.3 is 0 Å². The molecule has 1 aromatic rings. The van der Waals surface area contributed by atoms with Crippen molar-refractivity contribution in [1.82, 2.24) is 0 Å². The van der Waals surface area contributed by atoms with Crippen LogP contribution in [0.1, 0.15) is 10.4 Å². The number of rotatable bonds is 5. The molecular weight excluding hydrogens is 246 g/mol. The summed E-state index contributed by atoms with van der Waals surface area (Å²) in [6, 6.07) is 5.39. The number of allylic oxidation sites excluding steroid dienone is 3. The van der Waals surface area contributed by atoms with Gasteiger partial charge in [0, 0.05) is 17.7 Å². The van der Waals surface area contributed by atoms with Gasteiger partial charge in [0.2, 0.25) is 0 Å². The van der Waals surface area contributed by atoms with Crippen LogP contribution in [0.2, 0.25) is 0 Å². The number of hydrogen-bond donors (Lipinski definition) is 0. The van der Waals surface area contributed by atoms with Crippen molar-refractivity contribution in [3.63, 3.8) is 0 Å². The number of non-ortho nitro benzene ring substituents is 1. The van der Waals surface area contributed by atoms with Gasteiger partial charge in [0.05, 0.1) is 4.92 Å². The maximum Gasteiger partial charge on any atom is 0.269 e. The Morgan fingerprint density at radius 3 is 1.74 bits per heavy atom. The topological polar surface area (TPSA) is 77.3 Å². The molecule has 1 aromatic carbocycles. The lowest BCUT2D eigenvalue weighted by atomic mass is 10.1. The van der Waals surface area contributed by atoms with Crippen molar-refractivity contribution in [3.8, 4) is 0 Å². The molecule has 0 spiro atoms. The highest BCUT2D eigenvalue weighted by atomic mass is 16.6. The zero-order valence-corrected chi connectivity index (χ0v) is 10.2. The first-order valence-electron chi connectivity index (χ1n) is 5.16. The van der Waals surface area contributed by atoms with Crippen LogP contribution in [-0.4, -0.2) is 16.5 Å². The fraction of sp³-hybridized carbons (Fsp3) is 0. The summed E-state index contributed by atoms with van der Waals surface area (Å²) in [5.41, 5.74) is 0.376. The largest absolute Gasteiger partial charge is 0.290 e. The minimum absolute atomic E-state index is 0.0272. The molecule has 0 amide bonds. The second kappa shape index (κ2) is 8.30. The van der Waals surface area contributed by atoms with E-state index in [1.165, 1.54) is 42.5 Å². The molecule has 0 aliphatic rings. The van der Waals surface area contributed by atoms with E-state index in [4.69, 9.17) is 0 Å². The van der Waals surface area contributed by atoms with Gasteiger partial charge in [-0.25, -0.2) is 0 Å². The van der Waals surface area contributed by atoms with Gasteiger partial charge in [-0.2, -0.15) is 0 Å². The molecule has 0 N–H and O–H groups in total. The summed E-state index contributed by atoms with van der Waals surface area (Å²) < 4.78 is 0. The SMILES string of the molecule is C=CC(=O)C=C.C=CC(=O)c1ccc([N+](=O)[O-])cc1. The summed E-state index contributed by atoms with van der Waals surface area (Å²) in [5.74, 6) is -0.370. The molecule has 0 radical (unpaired) electrons. The van der Waals surface area contributed by atoms with Crippen molar-refractivity contribution in [2.75, 3.05) is 0 Å². The van der Waals surface area contributed by atoms with Crippen LogP contribution in [0.3, 0.4) is 0 Å². The number of ketones is 2. The Balaban J connectivity index is 0.000000459. The van der Waals surface area contributed by atoms with E-state index in [2.05, 4.69) is 19.7 Å². The average molecular weight is 259 g/mol. The number of nitro benzene ring substituents is 1. The smallest absolute Gasteiger partial charge is 0.269 e. The zero-order chi connectivity index (χ0) is 14.8. The fourth-order valence-corrected chi connectivity index (χ4v) is 0.949. The Morgan fingerprint density at radius 1 is 1.00 bits per heavy atom. The van der Waals surface area contributed by atoms with E-state index in [1.807, 2.05) is 0 Å². The van der Waals surface area contributed by atoms with E-state index in [-0.39, 0.29) is 17.3 Å². The van der Waals surface area contributed by atoms with Crippen LogP contribution in [0.25, 0.3) is 0 Å². The van der Waals surface area contributed by atoms with Crippen LogP contribution in [-0.2, 0) is 4.79 Å². The molecule has 0 aliphatic heterocycles. The Morgan fingerprint density at radius 2 is 1.47 bits per heavy atom. The molecule has 0 aromatic heterocycles. The second-order valence-corrected chi connectivity index (χ2v) is 3.18. The monoisotopic (exact) mass is 259 g/mol. The molecule has 0 saturated carbocycles. The first kappa shape index (κ1) is 16.2. The maximum absolute atomic E-state index is 11.0. The van der Waals surface area contributed by atoms with E-state index in [0.29, 0.717) is 5.56 Å². The lowest BCUT2D eigenvalue weighted by Gasteiger charge is -1.94. The number of nitro groups is 1. The lowest BCUT2D eigenvalue weighted by Crippen LogP contribution is -1.94. The Labute approximate surface area is 110 Å². The Kier molecular flexibility index (Phi) is 7.07. The maximum atomic E-state index is 11.0.